The Balaban J connectivity index is 0.00000256. The molecule has 0 aliphatic rings. The van der Waals surface area contributed by atoms with E-state index in [1.807, 2.05) is 20.8 Å². The average molecular weight is 387 g/mol. The van der Waals surface area contributed by atoms with Gasteiger partial charge < -0.3 is 10.5 Å². The molecule has 0 aliphatic heterocycles. The quantitative estimate of drug-likeness (QED) is 0.595. The number of benzene rings is 1. The van der Waals surface area contributed by atoms with Gasteiger partial charge in [0.25, 0.3) is 0 Å². The highest BCUT2D eigenvalue weighted by Crippen LogP contribution is 2.32. The van der Waals surface area contributed by atoms with Crippen LogP contribution in [0, 0.1) is 0 Å². The molecular formula is C11H15Br2ClN2O. The summed E-state index contributed by atoms with van der Waals surface area (Å²) in [6.07, 6.45) is 1.71. The minimum absolute atomic E-state index is 0. The summed E-state index contributed by atoms with van der Waals surface area (Å²) in [4.78, 5) is 0. The van der Waals surface area contributed by atoms with E-state index in [0.29, 0.717) is 8.95 Å². The SMILES string of the molecule is CC(C)(C)NN=Cc1cc(Br)c(O)c(Br)c1.Cl. The maximum Gasteiger partial charge on any atom is 0.143 e. The zero-order chi connectivity index (χ0) is 12.3. The summed E-state index contributed by atoms with van der Waals surface area (Å²) in [5.41, 5.74) is 3.84. The van der Waals surface area contributed by atoms with E-state index in [1.165, 1.54) is 0 Å². The van der Waals surface area contributed by atoms with Gasteiger partial charge in [0.1, 0.15) is 5.75 Å². The van der Waals surface area contributed by atoms with Gasteiger partial charge in [-0.2, -0.15) is 5.10 Å². The van der Waals surface area contributed by atoms with Crippen molar-refractivity contribution in [1.82, 2.24) is 5.43 Å². The number of halogens is 3. The van der Waals surface area contributed by atoms with Crippen molar-refractivity contribution in [3.8, 4) is 5.75 Å². The Morgan fingerprint density at radius 3 is 2.12 bits per heavy atom. The second-order valence-corrected chi connectivity index (χ2v) is 6.16. The van der Waals surface area contributed by atoms with Crippen LogP contribution in [0.2, 0.25) is 0 Å². The van der Waals surface area contributed by atoms with E-state index in [2.05, 4.69) is 42.4 Å². The minimum atomic E-state index is -0.0537. The Hall–Kier alpha value is -0.260. The first-order valence-corrected chi connectivity index (χ1v) is 6.36. The highest BCUT2D eigenvalue weighted by molar-refractivity contribution is 9.11. The van der Waals surface area contributed by atoms with Crippen molar-refractivity contribution in [3.63, 3.8) is 0 Å². The molecule has 0 unspecified atom stereocenters. The van der Waals surface area contributed by atoms with Crippen LogP contribution >= 0.6 is 44.3 Å². The van der Waals surface area contributed by atoms with Crippen molar-refractivity contribution >= 4 is 50.5 Å². The largest absolute Gasteiger partial charge is 0.506 e. The van der Waals surface area contributed by atoms with Gasteiger partial charge in [-0.25, -0.2) is 0 Å². The lowest BCUT2D eigenvalue weighted by atomic mass is 10.1. The van der Waals surface area contributed by atoms with Crippen LogP contribution in [0.3, 0.4) is 0 Å². The van der Waals surface area contributed by atoms with E-state index in [4.69, 9.17) is 0 Å². The number of hydrogen-bond donors (Lipinski definition) is 2. The summed E-state index contributed by atoms with van der Waals surface area (Å²) >= 11 is 6.53. The van der Waals surface area contributed by atoms with Crippen molar-refractivity contribution in [3.05, 3.63) is 26.6 Å². The monoisotopic (exact) mass is 384 g/mol. The first-order valence-electron chi connectivity index (χ1n) is 4.78. The van der Waals surface area contributed by atoms with Gasteiger partial charge >= 0.3 is 0 Å². The lowest BCUT2D eigenvalue weighted by Crippen LogP contribution is -2.31. The average Bonchev–Trinajstić information content (AvgIpc) is 2.12. The molecule has 3 nitrogen and oxygen atoms in total. The molecule has 0 aromatic heterocycles. The number of phenolic OH excluding ortho intramolecular Hbond substituents is 1. The lowest BCUT2D eigenvalue weighted by Gasteiger charge is -2.17. The van der Waals surface area contributed by atoms with Crippen LogP contribution in [0.15, 0.2) is 26.2 Å². The van der Waals surface area contributed by atoms with Crippen molar-refractivity contribution in [1.29, 1.82) is 0 Å². The standard InChI is InChI=1S/C11H14Br2N2O.ClH/c1-11(2,3)15-14-6-7-4-8(12)10(16)9(13)5-7;/h4-6,15-16H,1-3H3;1H. The molecule has 1 aromatic carbocycles. The van der Waals surface area contributed by atoms with Gasteiger partial charge in [0.05, 0.1) is 15.2 Å². The van der Waals surface area contributed by atoms with E-state index in [-0.39, 0.29) is 23.7 Å². The Kier molecular flexibility index (Phi) is 6.51. The summed E-state index contributed by atoms with van der Waals surface area (Å²) in [5.74, 6) is 0.195. The molecule has 0 saturated carbocycles. The normalized spacial score (nSPS) is 11.4. The molecule has 0 spiro atoms. The summed E-state index contributed by atoms with van der Waals surface area (Å²) in [7, 11) is 0. The lowest BCUT2D eigenvalue weighted by molar-refractivity contribution is 0.442. The molecular weight excluding hydrogens is 371 g/mol. The Morgan fingerprint density at radius 1 is 1.24 bits per heavy atom. The van der Waals surface area contributed by atoms with Crippen LogP contribution in [0.1, 0.15) is 26.3 Å². The van der Waals surface area contributed by atoms with Gasteiger partial charge in [-0.3, -0.25) is 0 Å². The number of rotatable bonds is 2. The summed E-state index contributed by atoms with van der Waals surface area (Å²) < 4.78 is 1.28. The zero-order valence-electron chi connectivity index (χ0n) is 9.79. The predicted octanol–water partition coefficient (Wildman–Crippen LogP) is 4.06. The highest BCUT2D eigenvalue weighted by Gasteiger charge is 2.07. The van der Waals surface area contributed by atoms with E-state index in [1.54, 1.807) is 18.3 Å². The summed E-state index contributed by atoms with van der Waals surface area (Å²) in [5, 5.41) is 13.7. The second-order valence-electron chi connectivity index (χ2n) is 4.45. The van der Waals surface area contributed by atoms with Crippen molar-refractivity contribution in [2.45, 2.75) is 26.3 Å². The molecule has 0 radical (unpaired) electrons. The Morgan fingerprint density at radius 2 is 1.71 bits per heavy atom. The van der Waals surface area contributed by atoms with Gasteiger partial charge in [-0.1, -0.05) is 0 Å². The third-order valence-electron chi connectivity index (χ3n) is 1.65. The number of nitrogens with zero attached hydrogens (tertiary/aromatic N) is 1. The van der Waals surface area contributed by atoms with Crippen molar-refractivity contribution in [2.75, 3.05) is 0 Å². The molecule has 2 N–H and O–H groups in total. The molecule has 0 aliphatic carbocycles. The number of phenols is 1. The molecule has 0 amide bonds. The molecule has 0 saturated heterocycles. The third-order valence-corrected chi connectivity index (χ3v) is 2.86. The van der Waals surface area contributed by atoms with Gasteiger partial charge in [0.2, 0.25) is 0 Å². The number of nitrogens with one attached hydrogen (secondary N) is 1. The Labute approximate surface area is 124 Å². The van der Waals surface area contributed by atoms with E-state index in [9.17, 15) is 5.11 Å². The zero-order valence-corrected chi connectivity index (χ0v) is 13.8. The smallest absolute Gasteiger partial charge is 0.143 e. The topological polar surface area (TPSA) is 44.6 Å². The van der Waals surface area contributed by atoms with Gasteiger partial charge in [-0.05, 0) is 70.3 Å². The fourth-order valence-corrected chi connectivity index (χ4v) is 2.18. The molecule has 17 heavy (non-hydrogen) atoms. The molecule has 0 bridgehead atoms. The van der Waals surface area contributed by atoms with Crippen molar-refractivity contribution in [2.24, 2.45) is 5.10 Å². The first kappa shape index (κ1) is 16.7. The van der Waals surface area contributed by atoms with Crippen LogP contribution in [-0.2, 0) is 0 Å². The van der Waals surface area contributed by atoms with Crippen LogP contribution in [0.25, 0.3) is 0 Å². The first-order chi connectivity index (χ1) is 7.29. The van der Waals surface area contributed by atoms with Crippen LogP contribution in [0.4, 0.5) is 0 Å². The van der Waals surface area contributed by atoms with Crippen LogP contribution in [-0.4, -0.2) is 16.9 Å². The molecule has 1 aromatic rings. The predicted molar refractivity (Wildman–Crippen MR) is 81.2 cm³/mol. The molecule has 0 heterocycles. The summed E-state index contributed by atoms with van der Waals surface area (Å²) in [6.45, 7) is 6.10. The van der Waals surface area contributed by atoms with E-state index < -0.39 is 0 Å². The van der Waals surface area contributed by atoms with Gasteiger partial charge in [-0.15, -0.1) is 12.4 Å². The Bertz CT molecular complexity index is 393. The van der Waals surface area contributed by atoms with Crippen molar-refractivity contribution < 1.29 is 5.11 Å². The second kappa shape index (κ2) is 6.61. The number of hydrazone groups is 1. The molecule has 96 valence electrons. The van der Waals surface area contributed by atoms with Gasteiger partial charge in [0, 0.05) is 5.54 Å². The molecule has 6 heteroatoms. The van der Waals surface area contributed by atoms with Crippen LogP contribution < -0.4 is 5.43 Å². The highest BCUT2D eigenvalue weighted by atomic mass is 79.9. The van der Waals surface area contributed by atoms with E-state index in [0.717, 1.165) is 5.56 Å². The number of aromatic hydroxyl groups is 1. The summed E-state index contributed by atoms with van der Waals surface area (Å²) in [6, 6.07) is 3.60. The minimum Gasteiger partial charge on any atom is -0.506 e. The molecule has 1 rings (SSSR count). The number of hydrogen-bond acceptors (Lipinski definition) is 3. The van der Waals surface area contributed by atoms with Crippen LogP contribution in [0.5, 0.6) is 5.75 Å². The van der Waals surface area contributed by atoms with E-state index >= 15 is 0 Å². The maximum atomic E-state index is 9.53. The molecule has 0 atom stereocenters. The fourth-order valence-electron chi connectivity index (χ4n) is 0.960. The fraction of sp³-hybridized carbons (Fsp3) is 0.364. The third kappa shape index (κ3) is 5.75. The molecule has 0 fully saturated rings. The van der Waals surface area contributed by atoms with Gasteiger partial charge in [0.15, 0.2) is 0 Å². The maximum absolute atomic E-state index is 9.53.